The van der Waals surface area contributed by atoms with E-state index in [2.05, 4.69) is 21.0 Å². The van der Waals surface area contributed by atoms with Gasteiger partial charge in [-0.1, -0.05) is 36.4 Å². The van der Waals surface area contributed by atoms with Crippen molar-refractivity contribution >= 4 is 22.5 Å². The van der Waals surface area contributed by atoms with E-state index in [-0.39, 0.29) is 23.5 Å². The Bertz CT molecular complexity index is 1020. The summed E-state index contributed by atoms with van der Waals surface area (Å²) in [4.78, 5) is 12.4. The van der Waals surface area contributed by atoms with Gasteiger partial charge >= 0.3 is 6.18 Å². The lowest BCUT2D eigenvalue weighted by molar-refractivity contribution is -0.153. The van der Waals surface area contributed by atoms with Gasteiger partial charge in [0.1, 0.15) is 5.75 Å². The molecule has 3 aromatic rings. The first-order valence-corrected chi connectivity index (χ1v) is 8.96. The van der Waals surface area contributed by atoms with E-state index in [4.69, 9.17) is 4.74 Å². The number of nitrogens with zero attached hydrogens (tertiary/aromatic N) is 2. The second-order valence-corrected chi connectivity index (χ2v) is 6.82. The number of halogens is 3. The van der Waals surface area contributed by atoms with Crippen LogP contribution in [0.15, 0.2) is 54.7 Å². The Balaban J connectivity index is 1.32. The summed E-state index contributed by atoms with van der Waals surface area (Å²) in [6.45, 7) is -1.33. The summed E-state index contributed by atoms with van der Waals surface area (Å²) in [6, 6.07) is 13.9. The molecule has 1 aromatic heterocycles. The largest absolute Gasteiger partial charge is 0.484 e. The fourth-order valence-corrected chi connectivity index (χ4v) is 3.16. The first-order valence-electron chi connectivity index (χ1n) is 8.96. The molecule has 2 atom stereocenters. The summed E-state index contributed by atoms with van der Waals surface area (Å²) >= 11 is 0. The number of hydrazine groups is 1. The van der Waals surface area contributed by atoms with Gasteiger partial charge in [0.25, 0.3) is 0 Å². The van der Waals surface area contributed by atoms with Crippen LogP contribution >= 0.6 is 0 Å². The van der Waals surface area contributed by atoms with E-state index in [1.165, 1.54) is 12.1 Å². The minimum atomic E-state index is -4.38. The number of amides is 1. The number of alkyl halides is 3. The molecular formula is C20H17F3N4O2. The summed E-state index contributed by atoms with van der Waals surface area (Å²) in [5.74, 6) is 0.227. The Hall–Kier alpha value is -3.36. The molecule has 0 bridgehead atoms. The molecule has 4 rings (SSSR count). The molecule has 0 spiro atoms. The van der Waals surface area contributed by atoms with Gasteiger partial charge in [-0.05, 0) is 30.0 Å². The van der Waals surface area contributed by atoms with Crippen LogP contribution in [0.1, 0.15) is 17.9 Å². The van der Waals surface area contributed by atoms with Crippen LogP contribution in [0.5, 0.6) is 5.75 Å². The summed E-state index contributed by atoms with van der Waals surface area (Å²) < 4.78 is 41.3. The first kappa shape index (κ1) is 19.0. The normalized spacial score (nSPS) is 18.3. The molecule has 29 heavy (non-hydrogen) atoms. The van der Waals surface area contributed by atoms with Gasteiger partial charge in [0.15, 0.2) is 12.4 Å². The zero-order chi connectivity index (χ0) is 20.4. The molecule has 6 nitrogen and oxygen atoms in total. The van der Waals surface area contributed by atoms with Crippen molar-refractivity contribution in [3.8, 4) is 5.75 Å². The number of carbonyl (C=O) groups excluding carboxylic acids is 1. The maximum Gasteiger partial charge on any atom is 0.422 e. The average Bonchev–Trinajstić information content (AvgIpc) is 3.51. The van der Waals surface area contributed by atoms with Gasteiger partial charge in [-0.2, -0.15) is 18.3 Å². The zero-order valence-electron chi connectivity index (χ0n) is 15.1. The van der Waals surface area contributed by atoms with Crippen molar-refractivity contribution in [2.75, 3.05) is 12.0 Å². The Morgan fingerprint density at radius 3 is 2.66 bits per heavy atom. The summed E-state index contributed by atoms with van der Waals surface area (Å²) in [5.41, 5.74) is 6.36. The monoisotopic (exact) mass is 402 g/mol. The minimum Gasteiger partial charge on any atom is -0.484 e. The molecule has 1 fully saturated rings. The highest BCUT2D eigenvalue weighted by Gasteiger charge is 2.44. The van der Waals surface area contributed by atoms with Crippen LogP contribution in [-0.4, -0.2) is 28.9 Å². The van der Waals surface area contributed by atoms with Gasteiger partial charge in [0.2, 0.25) is 5.91 Å². The van der Waals surface area contributed by atoms with Crippen LogP contribution in [0.4, 0.5) is 19.0 Å². The van der Waals surface area contributed by atoms with Gasteiger partial charge in [-0.15, -0.1) is 5.10 Å². The number of ether oxygens (including phenoxy) is 1. The van der Waals surface area contributed by atoms with E-state index < -0.39 is 12.8 Å². The number of rotatable bonds is 6. The van der Waals surface area contributed by atoms with Crippen LogP contribution in [0.3, 0.4) is 0 Å². The van der Waals surface area contributed by atoms with Crippen molar-refractivity contribution < 1.29 is 22.7 Å². The molecule has 2 N–H and O–H groups in total. The van der Waals surface area contributed by atoms with Crippen LogP contribution in [0.25, 0.3) is 10.8 Å². The second-order valence-electron chi connectivity index (χ2n) is 6.82. The van der Waals surface area contributed by atoms with Crippen molar-refractivity contribution in [1.29, 1.82) is 0 Å². The number of hydrogen-bond donors (Lipinski definition) is 2. The molecule has 9 heteroatoms. The number of nitrogens with one attached hydrogen (secondary N) is 2. The molecule has 2 unspecified atom stereocenters. The van der Waals surface area contributed by atoms with E-state index in [1.54, 1.807) is 18.3 Å². The summed E-state index contributed by atoms with van der Waals surface area (Å²) in [5, 5.41) is 9.65. The molecule has 1 saturated carbocycles. The highest BCUT2D eigenvalue weighted by atomic mass is 19.4. The number of hydrogen-bond acceptors (Lipinski definition) is 5. The predicted molar refractivity (Wildman–Crippen MR) is 100 cm³/mol. The molecule has 1 heterocycles. The van der Waals surface area contributed by atoms with Crippen molar-refractivity contribution in [2.45, 2.75) is 18.5 Å². The Morgan fingerprint density at radius 2 is 1.90 bits per heavy atom. The summed E-state index contributed by atoms with van der Waals surface area (Å²) in [7, 11) is 0. The average molecular weight is 402 g/mol. The van der Waals surface area contributed by atoms with E-state index in [0.717, 1.165) is 16.3 Å². The van der Waals surface area contributed by atoms with Crippen molar-refractivity contribution in [3.05, 3.63) is 60.3 Å². The fourth-order valence-electron chi connectivity index (χ4n) is 3.16. The quantitative estimate of drug-likeness (QED) is 0.613. The Morgan fingerprint density at radius 1 is 1.14 bits per heavy atom. The van der Waals surface area contributed by atoms with Gasteiger partial charge in [-0.3, -0.25) is 15.6 Å². The molecule has 150 valence electrons. The molecule has 1 aliphatic carbocycles. The number of fused-ring (bicyclic) bond motifs is 1. The van der Waals surface area contributed by atoms with Crippen molar-refractivity contribution in [2.24, 2.45) is 5.92 Å². The topological polar surface area (TPSA) is 76.1 Å². The number of anilines is 1. The lowest BCUT2D eigenvalue weighted by Crippen LogP contribution is -2.31. The smallest absolute Gasteiger partial charge is 0.422 e. The van der Waals surface area contributed by atoms with Gasteiger partial charge in [0.05, 0.1) is 6.20 Å². The van der Waals surface area contributed by atoms with E-state index in [9.17, 15) is 18.0 Å². The number of benzene rings is 2. The molecule has 0 saturated heterocycles. The molecule has 0 aliphatic heterocycles. The molecule has 1 aliphatic rings. The minimum absolute atomic E-state index is 0.0204. The third kappa shape index (κ3) is 4.56. The van der Waals surface area contributed by atoms with Gasteiger partial charge < -0.3 is 4.74 Å². The highest BCUT2D eigenvalue weighted by molar-refractivity contribution is 5.92. The summed E-state index contributed by atoms with van der Waals surface area (Å²) in [6.07, 6.45) is -2.07. The van der Waals surface area contributed by atoms with Crippen LogP contribution in [0.2, 0.25) is 0 Å². The maximum absolute atomic E-state index is 12.4. The van der Waals surface area contributed by atoms with Crippen LogP contribution in [-0.2, 0) is 4.79 Å². The van der Waals surface area contributed by atoms with Crippen molar-refractivity contribution in [1.82, 2.24) is 15.6 Å². The van der Waals surface area contributed by atoms with Gasteiger partial charge in [-0.25, -0.2) is 0 Å². The second kappa shape index (κ2) is 7.57. The van der Waals surface area contributed by atoms with Crippen LogP contribution < -0.4 is 15.6 Å². The molecule has 0 radical (unpaired) electrons. The predicted octanol–water partition coefficient (Wildman–Crippen LogP) is 3.82. The Labute approximate surface area is 164 Å². The van der Waals surface area contributed by atoms with E-state index in [1.807, 2.05) is 24.3 Å². The number of carbonyl (C=O) groups is 1. The maximum atomic E-state index is 12.4. The molecule has 1 amide bonds. The van der Waals surface area contributed by atoms with E-state index >= 15 is 0 Å². The third-order valence-corrected chi connectivity index (χ3v) is 4.71. The lowest BCUT2D eigenvalue weighted by atomic mass is 10.1. The fraction of sp³-hybridized carbons (Fsp3) is 0.250. The van der Waals surface area contributed by atoms with Crippen LogP contribution in [0, 0.1) is 5.92 Å². The van der Waals surface area contributed by atoms with E-state index in [0.29, 0.717) is 12.2 Å². The van der Waals surface area contributed by atoms with Gasteiger partial charge in [0, 0.05) is 16.7 Å². The standard InChI is InChI=1S/C20H17F3N4O2/c21-20(22,23)11-29-14-7-5-12(6-8-14)16-9-17(16)19(28)27-26-18-15-4-2-1-3-13(15)10-24-25-18/h1-8,10,16-17H,9,11H2,(H,25,26)(H,27,28). The van der Waals surface area contributed by atoms with Crippen molar-refractivity contribution in [3.63, 3.8) is 0 Å². The number of aromatic nitrogens is 2. The zero-order valence-corrected chi connectivity index (χ0v) is 15.1. The molecular weight excluding hydrogens is 385 g/mol. The molecule has 2 aromatic carbocycles. The lowest BCUT2D eigenvalue weighted by Gasteiger charge is -2.10. The SMILES string of the molecule is O=C(NNc1nncc2ccccc12)C1CC1c1ccc(OCC(F)(F)F)cc1. The highest BCUT2D eigenvalue weighted by Crippen LogP contribution is 2.47. The Kier molecular flexibility index (Phi) is 4.96. The third-order valence-electron chi connectivity index (χ3n) is 4.71. The first-order chi connectivity index (χ1) is 13.9.